The zero-order valence-electron chi connectivity index (χ0n) is 31.3. The summed E-state index contributed by atoms with van der Waals surface area (Å²) >= 11 is 0. The molecule has 0 aliphatic carbocycles. The molecule has 3 amide bonds. The summed E-state index contributed by atoms with van der Waals surface area (Å²) in [5.74, 6) is 2.31. The largest absolute Gasteiger partial charge is 0.493 e. The van der Waals surface area contributed by atoms with Gasteiger partial charge in [0.05, 0.1) is 56.2 Å². The molecule has 8 rings (SSSR count). The van der Waals surface area contributed by atoms with E-state index in [4.69, 9.17) is 28.9 Å². The third kappa shape index (κ3) is 7.97. The lowest BCUT2D eigenvalue weighted by Gasteiger charge is -2.29. The number of carbonyl (C=O) groups is 3. The second kappa shape index (κ2) is 16.7. The molecule has 14 heteroatoms. The quantitative estimate of drug-likeness (QED) is 0.229. The monoisotopic (exact) mass is 751 g/mol. The molecule has 2 aromatic heterocycles. The Bertz CT molecular complexity index is 1970. The number of hydrogen-bond donors (Lipinski definition) is 3. The standard InChI is InChI=1S/C41H49N7O7/c1-52-41(51)46-33-25-54-18-2-3-19-55-36-22-29(12-13-30(36)32-24-43-38(45-32)35-7-5-17-48(35)40(33)50)26-8-10-27(11-9-26)31-23-42-37(44-31)34-6-4-16-47(34)39(49)28-14-20-53-21-15-28/h8-13,22-24,28,33-35H,2-7,14-21,25H2,1H3,(H,42,44)(H,43,45)(H,46,51)/t33-,34-,35-/m0/s1. The van der Waals surface area contributed by atoms with E-state index in [9.17, 15) is 14.4 Å². The van der Waals surface area contributed by atoms with E-state index in [-0.39, 0.29) is 36.4 Å². The van der Waals surface area contributed by atoms with Crippen LogP contribution in [-0.2, 0) is 23.8 Å². The van der Waals surface area contributed by atoms with Crippen LogP contribution in [0.5, 0.6) is 5.75 Å². The summed E-state index contributed by atoms with van der Waals surface area (Å²) in [7, 11) is 1.28. The number of methoxy groups -OCH3 is 1. The zero-order valence-corrected chi connectivity index (χ0v) is 31.3. The van der Waals surface area contributed by atoms with Gasteiger partial charge in [-0.05, 0) is 80.2 Å². The van der Waals surface area contributed by atoms with Gasteiger partial charge in [0.25, 0.3) is 0 Å². The molecule has 3 saturated heterocycles. The van der Waals surface area contributed by atoms with Crippen LogP contribution in [0.1, 0.15) is 75.1 Å². The minimum Gasteiger partial charge on any atom is -0.493 e. The molecule has 3 N–H and O–H groups in total. The summed E-state index contributed by atoms with van der Waals surface area (Å²) in [4.78, 5) is 59.4. The van der Waals surface area contributed by atoms with Crippen molar-refractivity contribution in [3.05, 3.63) is 66.5 Å². The predicted octanol–water partition coefficient (Wildman–Crippen LogP) is 5.80. The van der Waals surface area contributed by atoms with Crippen molar-refractivity contribution in [1.82, 2.24) is 35.1 Å². The average molecular weight is 752 g/mol. The van der Waals surface area contributed by atoms with Gasteiger partial charge in [0.2, 0.25) is 11.8 Å². The lowest BCUT2D eigenvalue weighted by Crippen LogP contribution is -2.50. The number of ether oxygens (including phenoxy) is 4. The van der Waals surface area contributed by atoms with Crippen molar-refractivity contribution in [2.24, 2.45) is 5.92 Å². The highest BCUT2D eigenvalue weighted by Gasteiger charge is 2.38. The van der Waals surface area contributed by atoms with Crippen molar-refractivity contribution in [1.29, 1.82) is 0 Å². The van der Waals surface area contributed by atoms with Gasteiger partial charge in [-0.3, -0.25) is 9.59 Å². The summed E-state index contributed by atoms with van der Waals surface area (Å²) in [5.41, 5.74) is 5.67. The summed E-state index contributed by atoms with van der Waals surface area (Å²) < 4.78 is 22.6. The maximum Gasteiger partial charge on any atom is 0.407 e. The Morgan fingerprint density at radius 1 is 0.782 bits per heavy atom. The van der Waals surface area contributed by atoms with Crippen molar-refractivity contribution in [2.45, 2.75) is 69.5 Å². The molecule has 55 heavy (non-hydrogen) atoms. The molecule has 0 unspecified atom stereocenters. The fourth-order valence-corrected chi connectivity index (χ4v) is 8.26. The first kappa shape index (κ1) is 36.8. The summed E-state index contributed by atoms with van der Waals surface area (Å²) in [6.07, 6.45) is 9.46. The first-order valence-corrected chi connectivity index (χ1v) is 19.6. The first-order chi connectivity index (χ1) is 27.0. The number of rotatable bonds is 5. The van der Waals surface area contributed by atoms with E-state index in [1.807, 2.05) is 17.2 Å². The molecule has 4 aliphatic heterocycles. The predicted molar refractivity (Wildman–Crippen MR) is 203 cm³/mol. The number of benzene rings is 2. The SMILES string of the molecule is COC(=O)N[C@H]1COCCCCOc2cc(-c3ccc(-c4cnc([C@@H]5CCCN5C(=O)C5CCOCC5)[nH]4)cc3)ccc2-c2cnc([nH]2)[C@@H]2CCCN2C1=O. The molecule has 290 valence electrons. The number of aromatic nitrogens is 4. The highest BCUT2D eigenvalue weighted by atomic mass is 16.5. The van der Waals surface area contributed by atoms with Crippen LogP contribution in [0.3, 0.4) is 0 Å². The number of carbonyl (C=O) groups excluding carboxylic acids is 3. The molecule has 14 nitrogen and oxygen atoms in total. The maximum atomic E-state index is 13.7. The zero-order chi connectivity index (χ0) is 37.7. The molecule has 3 atom stereocenters. The molecule has 2 bridgehead atoms. The Balaban J connectivity index is 1.00. The van der Waals surface area contributed by atoms with Crippen molar-refractivity contribution in [2.75, 3.05) is 53.2 Å². The molecule has 3 fully saturated rings. The second-order valence-electron chi connectivity index (χ2n) is 14.7. The van der Waals surface area contributed by atoms with Gasteiger partial charge in [0.1, 0.15) is 23.4 Å². The maximum absolute atomic E-state index is 13.7. The number of amides is 3. The molecule has 0 saturated carbocycles. The second-order valence-corrected chi connectivity index (χ2v) is 14.7. The number of H-pyrrole nitrogens is 2. The average Bonchev–Trinajstić information content (AvgIpc) is 4.06. The third-order valence-electron chi connectivity index (χ3n) is 11.3. The normalized spacial score (nSPS) is 22.5. The topological polar surface area (TPSA) is 164 Å². The Morgan fingerprint density at radius 3 is 2.29 bits per heavy atom. The van der Waals surface area contributed by atoms with Crippen LogP contribution >= 0.6 is 0 Å². The van der Waals surface area contributed by atoms with Gasteiger partial charge < -0.3 is 44.0 Å². The summed E-state index contributed by atoms with van der Waals surface area (Å²) in [6.45, 7) is 3.57. The van der Waals surface area contributed by atoms with E-state index in [1.54, 1.807) is 11.1 Å². The number of nitrogens with zero attached hydrogens (tertiary/aromatic N) is 4. The van der Waals surface area contributed by atoms with Crippen molar-refractivity contribution < 1.29 is 33.3 Å². The number of fused-ring (bicyclic) bond motifs is 6. The van der Waals surface area contributed by atoms with Crippen LogP contribution in [0.4, 0.5) is 4.79 Å². The van der Waals surface area contributed by atoms with Crippen molar-refractivity contribution in [3.8, 4) is 39.4 Å². The number of nitrogens with one attached hydrogen (secondary N) is 3. The number of likely N-dealkylation sites (tertiary alicyclic amines) is 1. The molecule has 4 aromatic rings. The molecule has 0 radical (unpaired) electrons. The van der Waals surface area contributed by atoms with Crippen molar-refractivity contribution in [3.63, 3.8) is 0 Å². The van der Waals surface area contributed by atoms with E-state index in [0.717, 1.165) is 103 Å². The number of alkyl carbamates (subject to hydrolysis) is 1. The Labute approximate surface area is 320 Å². The smallest absolute Gasteiger partial charge is 0.407 e. The van der Waals surface area contributed by atoms with E-state index >= 15 is 0 Å². The van der Waals surface area contributed by atoms with Crippen LogP contribution in [0.15, 0.2) is 54.9 Å². The van der Waals surface area contributed by atoms with Crippen LogP contribution < -0.4 is 10.1 Å². The van der Waals surface area contributed by atoms with Gasteiger partial charge in [-0.2, -0.15) is 0 Å². The van der Waals surface area contributed by atoms with E-state index < -0.39 is 12.1 Å². The molecule has 4 aliphatic rings. The van der Waals surface area contributed by atoms with E-state index in [0.29, 0.717) is 38.8 Å². The fraction of sp³-hybridized carbons (Fsp3) is 0.488. The lowest BCUT2D eigenvalue weighted by atomic mass is 9.98. The lowest BCUT2D eigenvalue weighted by molar-refractivity contribution is -0.139. The fourth-order valence-electron chi connectivity index (χ4n) is 8.26. The van der Waals surface area contributed by atoms with E-state index in [2.05, 4.69) is 51.7 Å². The van der Waals surface area contributed by atoms with Crippen LogP contribution in [0.2, 0.25) is 0 Å². The highest BCUT2D eigenvalue weighted by molar-refractivity contribution is 5.86. The first-order valence-electron chi connectivity index (χ1n) is 19.6. The minimum atomic E-state index is -0.862. The third-order valence-corrected chi connectivity index (χ3v) is 11.3. The number of imidazole rings is 2. The van der Waals surface area contributed by atoms with Gasteiger partial charge in [-0.25, -0.2) is 14.8 Å². The molecule has 0 spiro atoms. The van der Waals surface area contributed by atoms with Crippen molar-refractivity contribution >= 4 is 17.9 Å². The highest BCUT2D eigenvalue weighted by Crippen LogP contribution is 2.38. The molecular formula is C41H49N7O7. The number of hydrogen-bond acceptors (Lipinski definition) is 9. The van der Waals surface area contributed by atoms with Crippen LogP contribution in [-0.4, -0.2) is 107 Å². The number of aromatic amines is 2. The van der Waals surface area contributed by atoms with Gasteiger partial charge in [0.15, 0.2) is 0 Å². The molecular weight excluding hydrogens is 702 g/mol. The van der Waals surface area contributed by atoms with Crippen LogP contribution in [0, 0.1) is 5.92 Å². The molecule has 2 aromatic carbocycles. The summed E-state index contributed by atoms with van der Waals surface area (Å²) in [5, 5.41) is 2.65. The minimum absolute atomic E-state index is 0.0298. The van der Waals surface area contributed by atoms with E-state index in [1.165, 1.54) is 7.11 Å². The Hall–Kier alpha value is -5.21. The Morgan fingerprint density at radius 2 is 1.47 bits per heavy atom. The Kier molecular flexibility index (Phi) is 11.1. The van der Waals surface area contributed by atoms with Crippen LogP contribution in [0.25, 0.3) is 33.6 Å². The van der Waals surface area contributed by atoms with Gasteiger partial charge in [-0.1, -0.05) is 30.3 Å². The molecule has 6 heterocycles. The van der Waals surface area contributed by atoms with Gasteiger partial charge >= 0.3 is 6.09 Å². The summed E-state index contributed by atoms with van der Waals surface area (Å²) in [6, 6.07) is 13.4. The van der Waals surface area contributed by atoms with Gasteiger partial charge in [-0.15, -0.1) is 0 Å². The van der Waals surface area contributed by atoms with Gasteiger partial charge in [0, 0.05) is 44.4 Å².